The molecular formula is C17H26N4O3S. The van der Waals surface area contributed by atoms with Crippen molar-refractivity contribution in [2.75, 3.05) is 51.1 Å². The van der Waals surface area contributed by atoms with Crippen LogP contribution in [0.15, 0.2) is 23.1 Å². The zero-order valence-corrected chi connectivity index (χ0v) is 15.4. The molecule has 0 unspecified atom stereocenters. The van der Waals surface area contributed by atoms with Gasteiger partial charge in [-0.3, -0.25) is 9.69 Å². The average molecular weight is 366 g/mol. The number of fused-ring (bicyclic) bond motifs is 1. The normalized spacial score (nSPS) is 19.1. The Labute approximate surface area is 149 Å². The van der Waals surface area contributed by atoms with Gasteiger partial charge in [-0.05, 0) is 44.0 Å². The molecule has 3 rings (SSSR count). The molecule has 138 valence electrons. The Hall–Kier alpha value is -1.64. The first-order chi connectivity index (χ1) is 12.0. The van der Waals surface area contributed by atoms with Crippen LogP contribution in [0.5, 0.6) is 0 Å². The van der Waals surface area contributed by atoms with E-state index >= 15 is 0 Å². The van der Waals surface area contributed by atoms with Gasteiger partial charge in [-0.2, -0.15) is 4.31 Å². The highest BCUT2D eigenvalue weighted by Crippen LogP contribution is 2.27. The van der Waals surface area contributed by atoms with E-state index in [2.05, 4.69) is 10.6 Å². The predicted octanol–water partition coefficient (Wildman–Crippen LogP) is 0.487. The fourth-order valence-electron chi connectivity index (χ4n) is 3.38. The monoisotopic (exact) mass is 366 g/mol. The molecule has 1 aromatic carbocycles. The molecule has 2 N–H and O–H groups in total. The number of nitrogens with zero attached hydrogens (tertiary/aromatic N) is 2. The van der Waals surface area contributed by atoms with Crippen LogP contribution in [0.2, 0.25) is 0 Å². The van der Waals surface area contributed by atoms with Crippen molar-refractivity contribution < 1.29 is 13.2 Å². The van der Waals surface area contributed by atoms with Crippen LogP contribution in [-0.2, 0) is 21.2 Å². The summed E-state index contributed by atoms with van der Waals surface area (Å²) in [7, 11) is -3.50. The highest BCUT2D eigenvalue weighted by atomic mass is 32.2. The van der Waals surface area contributed by atoms with E-state index in [1.807, 2.05) is 17.9 Å². The van der Waals surface area contributed by atoms with Crippen molar-refractivity contribution in [2.45, 2.75) is 24.7 Å². The number of anilines is 1. The van der Waals surface area contributed by atoms with Crippen molar-refractivity contribution >= 4 is 21.6 Å². The fourth-order valence-corrected chi connectivity index (χ4v) is 4.88. The van der Waals surface area contributed by atoms with Crippen molar-refractivity contribution in [3.8, 4) is 0 Å². The topological polar surface area (TPSA) is 81.8 Å². The van der Waals surface area contributed by atoms with Gasteiger partial charge in [-0.1, -0.05) is 6.07 Å². The number of likely N-dealkylation sites (N-methyl/N-ethyl adjacent to an activating group) is 1. The molecule has 25 heavy (non-hydrogen) atoms. The summed E-state index contributed by atoms with van der Waals surface area (Å²) in [5, 5.41) is 6.02. The van der Waals surface area contributed by atoms with Crippen LogP contribution in [-0.4, -0.2) is 69.3 Å². The Morgan fingerprint density at radius 1 is 1.24 bits per heavy atom. The van der Waals surface area contributed by atoms with Crippen molar-refractivity contribution in [1.82, 2.24) is 14.5 Å². The Balaban J connectivity index is 1.68. The first kappa shape index (κ1) is 18.2. The quantitative estimate of drug-likeness (QED) is 0.793. The molecule has 1 fully saturated rings. The zero-order valence-electron chi connectivity index (χ0n) is 14.6. The second kappa shape index (κ2) is 7.72. The summed E-state index contributed by atoms with van der Waals surface area (Å²) in [5.41, 5.74) is 2.09. The summed E-state index contributed by atoms with van der Waals surface area (Å²) >= 11 is 0. The molecule has 1 aromatic rings. The van der Waals surface area contributed by atoms with Crippen molar-refractivity contribution in [1.29, 1.82) is 0 Å². The maximum Gasteiger partial charge on any atom is 0.243 e. The van der Waals surface area contributed by atoms with E-state index in [0.717, 1.165) is 31.6 Å². The second-order valence-electron chi connectivity index (χ2n) is 6.48. The van der Waals surface area contributed by atoms with E-state index in [4.69, 9.17) is 0 Å². The standard InChI is InChI=1S/C17H26N4O3S/c1-2-18-17(22)13-20-8-3-9-21(11-10-20)25(23,24)15-5-4-14-6-7-19-16(14)12-15/h4-5,12,19H,2-3,6-11,13H2,1H3,(H,18,22). The number of carbonyl (C=O) groups excluding carboxylic acids is 1. The third-order valence-corrected chi connectivity index (χ3v) is 6.61. The number of carbonyl (C=O) groups is 1. The van der Waals surface area contributed by atoms with Gasteiger partial charge in [0.2, 0.25) is 15.9 Å². The molecule has 2 heterocycles. The Bertz CT molecular complexity index is 735. The minimum absolute atomic E-state index is 0.0106. The molecule has 0 atom stereocenters. The third kappa shape index (κ3) is 4.13. The number of hydrogen-bond acceptors (Lipinski definition) is 5. The number of sulfonamides is 1. The summed E-state index contributed by atoms with van der Waals surface area (Å²) in [4.78, 5) is 14.1. The number of hydrogen-bond donors (Lipinski definition) is 2. The minimum atomic E-state index is -3.50. The largest absolute Gasteiger partial charge is 0.384 e. The smallest absolute Gasteiger partial charge is 0.243 e. The van der Waals surface area contributed by atoms with Gasteiger partial charge < -0.3 is 10.6 Å². The fraction of sp³-hybridized carbons (Fsp3) is 0.588. The van der Waals surface area contributed by atoms with Gasteiger partial charge in [-0.15, -0.1) is 0 Å². The SMILES string of the molecule is CCNC(=O)CN1CCCN(S(=O)(=O)c2ccc3c(c2)NCC3)CC1. The molecule has 0 aliphatic carbocycles. The molecule has 2 aliphatic heterocycles. The van der Waals surface area contributed by atoms with Crippen LogP contribution in [0.25, 0.3) is 0 Å². The highest BCUT2D eigenvalue weighted by Gasteiger charge is 2.28. The number of benzene rings is 1. The van der Waals surface area contributed by atoms with E-state index in [1.54, 1.807) is 16.4 Å². The minimum Gasteiger partial charge on any atom is -0.384 e. The van der Waals surface area contributed by atoms with Crippen molar-refractivity contribution in [3.05, 3.63) is 23.8 Å². The van der Waals surface area contributed by atoms with Crippen molar-refractivity contribution in [3.63, 3.8) is 0 Å². The van der Waals surface area contributed by atoms with E-state index < -0.39 is 10.0 Å². The summed E-state index contributed by atoms with van der Waals surface area (Å²) in [6.45, 7) is 5.88. The third-order valence-electron chi connectivity index (χ3n) is 4.72. The first-order valence-corrected chi connectivity index (χ1v) is 10.3. The number of amides is 1. The van der Waals surface area contributed by atoms with Crippen LogP contribution < -0.4 is 10.6 Å². The van der Waals surface area contributed by atoms with Gasteiger partial charge in [0.1, 0.15) is 0 Å². The van der Waals surface area contributed by atoms with E-state index in [0.29, 0.717) is 37.6 Å². The van der Waals surface area contributed by atoms with Gasteiger partial charge in [-0.25, -0.2) is 8.42 Å². The lowest BCUT2D eigenvalue weighted by atomic mass is 10.2. The molecule has 0 bridgehead atoms. The Kier molecular flexibility index (Phi) is 5.61. The average Bonchev–Trinajstić information content (AvgIpc) is 2.92. The summed E-state index contributed by atoms with van der Waals surface area (Å²) in [6, 6.07) is 5.36. The van der Waals surface area contributed by atoms with Gasteiger partial charge in [0.15, 0.2) is 0 Å². The van der Waals surface area contributed by atoms with Crippen molar-refractivity contribution in [2.24, 2.45) is 0 Å². The lowest BCUT2D eigenvalue weighted by Crippen LogP contribution is -2.40. The lowest BCUT2D eigenvalue weighted by Gasteiger charge is -2.21. The maximum atomic E-state index is 13.0. The van der Waals surface area contributed by atoms with Gasteiger partial charge >= 0.3 is 0 Å². The molecule has 1 saturated heterocycles. The molecule has 8 heteroatoms. The molecule has 0 radical (unpaired) electrons. The van der Waals surface area contributed by atoms with Crippen LogP contribution >= 0.6 is 0 Å². The maximum absolute atomic E-state index is 13.0. The van der Waals surface area contributed by atoms with Gasteiger partial charge in [0, 0.05) is 38.4 Å². The molecule has 0 aromatic heterocycles. The van der Waals surface area contributed by atoms with Crippen LogP contribution in [0, 0.1) is 0 Å². The lowest BCUT2D eigenvalue weighted by molar-refractivity contribution is -0.122. The van der Waals surface area contributed by atoms with E-state index in [-0.39, 0.29) is 5.91 Å². The van der Waals surface area contributed by atoms with Crippen LogP contribution in [0.4, 0.5) is 5.69 Å². The summed E-state index contributed by atoms with van der Waals surface area (Å²) in [6.07, 6.45) is 1.66. The van der Waals surface area contributed by atoms with Crippen LogP contribution in [0.1, 0.15) is 18.9 Å². The van der Waals surface area contributed by atoms with E-state index in [1.165, 1.54) is 5.56 Å². The Morgan fingerprint density at radius 2 is 2.08 bits per heavy atom. The molecule has 0 saturated carbocycles. The number of nitrogens with one attached hydrogen (secondary N) is 2. The molecule has 0 spiro atoms. The molecule has 2 aliphatic rings. The van der Waals surface area contributed by atoms with E-state index in [9.17, 15) is 13.2 Å². The molecular weight excluding hydrogens is 340 g/mol. The zero-order chi connectivity index (χ0) is 17.9. The summed E-state index contributed by atoms with van der Waals surface area (Å²) < 4.78 is 27.5. The van der Waals surface area contributed by atoms with Gasteiger partial charge in [0.25, 0.3) is 0 Å². The van der Waals surface area contributed by atoms with Crippen LogP contribution in [0.3, 0.4) is 0 Å². The predicted molar refractivity (Wildman–Crippen MR) is 97.1 cm³/mol. The first-order valence-electron chi connectivity index (χ1n) is 8.86. The Morgan fingerprint density at radius 3 is 2.88 bits per heavy atom. The summed E-state index contributed by atoms with van der Waals surface area (Å²) in [5.74, 6) is -0.0106. The molecule has 1 amide bonds. The highest BCUT2D eigenvalue weighted by molar-refractivity contribution is 7.89. The van der Waals surface area contributed by atoms with Gasteiger partial charge in [0.05, 0.1) is 11.4 Å². The number of rotatable bonds is 5. The molecule has 7 nitrogen and oxygen atoms in total. The second-order valence-corrected chi connectivity index (χ2v) is 8.42.